The van der Waals surface area contributed by atoms with Gasteiger partial charge >= 0.3 is 0 Å². The van der Waals surface area contributed by atoms with Crippen molar-refractivity contribution in [2.75, 3.05) is 6.26 Å². The minimum absolute atomic E-state index is 0.478. The molecule has 0 radical (unpaired) electrons. The van der Waals surface area contributed by atoms with Crippen molar-refractivity contribution in [3.63, 3.8) is 0 Å². The van der Waals surface area contributed by atoms with E-state index >= 15 is 0 Å². The molecule has 1 nitrogen and oxygen atoms in total. The Morgan fingerprint density at radius 2 is 1.79 bits per heavy atom. The highest BCUT2D eigenvalue weighted by atomic mass is 79.9. The average Bonchev–Trinajstić information content (AvgIpc) is 2.17. The van der Waals surface area contributed by atoms with Crippen LogP contribution in [0.2, 0.25) is 0 Å². The number of hydrogen-bond donors (Lipinski definition) is 1. The summed E-state index contributed by atoms with van der Waals surface area (Å²) >= 11 is 6.91. The van der Waals surface area contributed by atoms with E-state index in [4.69, 9.17) is 4.74 Å². The van der Waals surface area contributed by atoms with E-state index in [2.05, 4.69) is 28.6 Å². The second-order valence-electron chi connectivity index (χ2n) is 3.12. The van der Waals surface area contributed by atoms with Crippen LogP contribution >= 0.6 is 28.6 Å². The Morgan fingerprint density at radius 1 is 1.21 bits per heavy atom. The van der Waals surface area contributed by atoms with Gasteiger partial charge in [-0.15, -0.1) is 0 Å². The molecule has 1 aliphatic rings. The van der Waals surface area contributed by atoms with Crippen LogP contribution in [0.4, 0.5) is 0 Å². The van der Waals surface area contributed by atoms with E-state index in [-0.39, 0.29) is 0 Å². The van der Waals surface area contributed by atoms with Crippen LogP contribution in [0.1, 0.15) is 19.3 Å². The molecule has 0 N–H and O–H groups in total. The molecule has 0 bridgehead atoms. The third-order valence-electron chi connectivity index (χ3n) is 2.17. The number of thiol groups is 1. The fourth-order valence-electron chi connectivity index (χ4n) is 1.19. The standard InChI is InChI=1S/C10H11BrO.CH4S/c11-8-4-6-10(7-5-8)12-9-2-1-3-9;1-2/h4-7,9H,1-3H2;2H,1H3. The fourth-order valence-corrected chi connectivity index (χ4v) is 1.46. The predicted octanol–water partition coefficient (Wildman–Crippen LogP) is 3.93. The summed E-state index contributed by atoms with van der Waals surface area (Å²) < 4.78 is 6.78. The van der Waals surface area contributed by atoms with Gasteiger partial charge in [0.25, 0.3) is 0 Å². The summed E-state index contributed by atoms with van der Waals surface area (Å²) in [7, 11) is 0. The molecule has 78 valence electrons. The minimum atomic E-state index is 0.478. The van der Waals surface area contributed by atoms with Gasteiger partial charge in [-0.05, 0) is 49.8 Å². The zero-order chi connectivity index (χ0) is 10.4. The van der Waals surface area contributed by atoms with Gasteiger partial charge in [0.15, 0.2) is 0 Å². The zero-order valence-corrected chi connectivity index (χ0v) is 10.7. The molecule has 1 fully saturated rings. The summed E-state index contributed by atoms with van der Waals surface area (Å²) in [6, 6.07) is 8.02. The predicted molar refractivity (Wildman–Crippen MR) is 67.3 cm³/mol. The van der Waals surface area contributed by atoms with Crippen LogP contribution in [0.5, 0.6) is 5.75 Å². The van der Waals surface area contributed by atoms with Gasteiger partial charge in [-0.1, -0.05) is 15.9 Å². The Bertz CT molecular complexity index is 256. The minimum Gasteiger partial charge on any atom is -0.490 e. The molecule has 0 spiro atoms. The molecule has 0 amide bonds. The van der Waals surface area contributed by atoms with Crippen LogP contribution in [0.25, 0.3) is 0 Å². The highest BCUT2D eigenvalue weighted by Crippen LogP contribution is 2.25. The van der Waals surface area contributed by atoms with E-state index in [1.54, 1.807) is 6.26 Å². The highest BCUT2D eigenvalue weighted by molar-refractivity contribution is 9.10. The van der Waals surface area contributed by atoms with Crippen molar-refractivity contribution >= 4 is 28.6 Å². The average molecular weight is 275 g/mol. The summed E-state index contributed by atoms with van der Waals surface area (Å²) in [6.45, 7) is 0. The summed E-state index contributed by atoms with van der Waals surface area (Å²) in [5.74, 6) is 0.989. The SMILES string of the molecule is Brc1ccc(OC2CCC2)cc1.CS. The van der Waals surface area contributed by atoms with Crippen LogP contribution < -0.4 is 4.74 Å². The van der Waals surface area contributed by atoms with Crippen molar-refractivity contribution in [3.05, 3.63) is 28.7 Å². The van der Waals surface area contributed by atoms with Gasteiger partial charge in [0.2, 0.25) is 0 Å². The first-order chi connectivity index (χ1) is 6.84. The van der Waals surface area contributed by atoms with E-state index < -0.39 is 0 Å². The van der Waals surface area contributed by atoms with Gasteiger partial charge in [-0.3, -0.25) is 0 Å². The third-order valence-corrected chi connectivity index (χ3v) is 2.70. The van der Waals surface area contributed by atoms with Crippen molar-refractivity contribution in [1.29, 1.82) is 0 Å². The van der Waals surface area contributed by atoms with Crippen LogP contribution in [0.3, 0.4) is 0 Å². The lowest BCUT2D eigenvalue weighted by Crippen LogP contribution is -2.24. The van der Waals surface area contributed by atoms with E-state index in [9.17, 15) is 0 Å². The monoisotopic (exact) mass is 274 g/mol. The van der Waals surface area contributed by atoms with Gasteiger partial charge < -0.3 is 4.74 Å². The van der Waals surface area contributed by atoms with Crippen LogP contribution in [-0.4, -0.2) is 12.4 Å². The molecular formula is C11H15BrOS. The number of hydrogen-bond acceptors (Lipinski definition) is 2. The Hall–Kier alpha value is -0.150. The Balaban J connectivity index is 0.000000461. The normalized spacial score (nSPS) is 15.1. The zero-order valence-electron chi connectivity index (χ0n) is 8.24. The fraction of sp³-hybridized carbons (Fsp3) is 0.455. The number of halogens is 1. The van der Waals surface area contributed by atoms with Crippen molar-refractivity contribution in [3.8, 4) is 5.75 Å². The lowest BCUT2D eigenvalue weighted by Gasteiger charge is -2.26. The largest absolute Gasteiger partial charge is 0.490 e. The van der Waals surface area contributed by atoms with Crippen LogP contribution in [-0.2, 0) is 0 Å². The summed E-state index contributed by atoms with van der Waals surface area (Å²) in [6.07, 6.45) is 5.93. The molecule has 1 aromatic rings. The smallest absolute Gasteiger partial charge is 0.119 e. The van der Waals surface area contributed by atoms with Gasteiger partial charge in [-0.25, -0.2) is 0 Å². The van der Waals surface area contributed by atoms with Gasteiger partial charge in [0.1, 0.15) is 5.75 Å². The molecule has 1 aliphatic carbocycles. The molecule has 3 heteroatoms. The van der Waals surface area contributed by atoms with E-state index in [0.717, 1.165) is 10.2 Å². The molecule has 0 aromatic heterocycles. The van der Waals surface area contributed by atoms with Gasteiger partial charge in [0, 0.05) is 4.47 Å². The van der Waals surface area contributed by atoms with Gasteiger partial charge in [0.05, 0.1) is 6.10 Å². The second kappa shape index (κ2) is 6.36. The van der Waals surface area contributed by atoms with Crippen molar-refractivity contribution < 1.29 is 4.74 Å². The molecule has 0 heterocycles. The molecule has 1 aromatic carbocycles. The second-order valence-corrected chi connectivity index (χ2v) is 4.04. The quantitative estimate of drug-likeness (QED) is 0.805. The lowest BCUT2D eigenvalue weighted by molar-refractivity contribution is 0.120. The molecule has 0 aliphatic heterocycles. The molecule has 0 unspecified atom stereocenters. The van der Waals surface area contributed by atoms with E-state index in [1.165, 1.54) is 19.3 Å². The first kappa shape index (κ1) is 11.9. The van der Waals surface area contributed by atoms with Gasteiger partial charge in [-0.2, -0.15) is 12.6 Å². The maximum absolute atomic E-state index is 5.68. The Kier molecular flexibility index (Phi) is 5.41. The Labute approximate surface area is 99.4 Å². The molecule has 14 heavy (non-hydrogen) atoms. The number of benzene rings is 1. The van der Waals surface area contributed by atoms with Crippen LogP contribution in [0.15, 0.2) is 28.7 Å². The maximum atomic E-state index is 5.68. The van der Waals surface area contributed by atoms with Crippen LogP contribution in [0, 0.1) is 0 Å². The van der Waals surface area contributed by atoms with Crippen molar-refractivity contribution in [2.24, 2.45) is 0 Å². The topological polar surface area (TPSA) is 9.23 Å². The highest BCUT2D eigenvalue weighted by Gasteiger charge is 2.18. The summed E-state index contributed by atoms with van der Waals surface area (Å²) in [4.78, 5) is 0. The molecular weight excluding hydrogens is 260 g/mol. The first-order valence-electron chi connectivity index (χ1n) is 4.71. The van der Waals surface area contributed by atoms with Crippen molar-refractivity contribution in [1.82, 2.24) is 0 Å². The lowest BCUT2D eigenvalue weighted by atomic mass is 9.96. The van der Waals surface area contributed by atoms with E-state index in [1.807, 2.05) is 24.3 Å². The number of ether oxygens (including phenoxy) is 1. The Morgan fingerprint density at radius 3 is 2.21 bits per heavy atom. The molecule has 2 rings (SSSR count). The third kappa shape index (κ3) is 3.54. The van der Waals surface area contributed by atoms with E-state index in [0.29, 0.717) is 6.10 Å². The first-order valence-corrected chi connectivity index (χ1v) is 6.40. The van der Waals surface area contributed by atoms with Crippen molar-refractivity contribution in [2.45, 2.75) is 25.4 Å². The molecule has 1 saturated carbocycles. The summed E-state index contributed by atoms with van der Waals surface area (Å²) in [5, 5.41) is 0. The molecule has 0 saturated heterocycles. The number of rotatable bonds is 2. The summed E-state index contributed by atoms with van der Waals surface area (Å²) in [5.41, 5.74) is 0. The molecule has 0 atom stereocenters. The maximum Gasteiger partial charge on any atom is 0.119 e.